The Labute approximate surface area is 156 Å². The van der Waals surface area contributed by atoms with Crippen LogP contribution >= 0.6 is 11.6 Å². The highest BCUT2D eigenvalue weighted by Crippen LogP contribution is 2.29. The zero-order valence-electron chi connectivity index (χ0n) is 14.2. The number of amides is 1. The van der Waals surface area contributed by atoms with Gasteiger partial charge in [0, 0.05) is 11.9 Å². The number of esters is 1. The van der Waals surface area contributed by atoms with Crippen molar-refractivity contribution in [2.24, 2.45) is 0 Å². The lowest BCUT2D eigenvalue weighted by Gasteiger charge is -2.13. The highest BCUT2D eigenvalue weighted by molar-refractivity contribution is 6.30. The van der Waals surface area contributed by atoms with Crippen LogP contribution in [0.1, 0.15) is 21.5 Å². The zero-order chi connectivity index (χ0) is 20.4. The Kier molecular flexibility index (Phi) is 5.94. The van der Waals surface area contributed by atoms with Crippen LogP contribution in [-0.2, 0) is 22.3 Å². The molecule has 2 aromatic rings. The number of hydrogen-bond donors (Lipinski definition) is 1. The van der Waals surface area contributed by atoms with Crippen molar-refractivity contribution in [1.82, 2.24) is 4.57 Å². The molecule has 0 unspecified atom stereocenters. The summed E-state index contributed by atoms with van der Waals surface area (Å²) in [4.78, 5) is 35.7. The van der Waals surface area contributed by atoms with Crippen LogP contribution in [0.25, 0.3) is 0 Å². The van der Waals surface area contributed by atoms with Gasteiger partial charge in [0.2, 0.25) is 5.91 Å². The van der Waals surface area contributed by atoms with Crippen molar-refractivity contribution in [2.75, 3.05) is 12.4 Å². The molecule has 0 radical (unpaired) electrons. The van der Waals surface area contributed by atoms with E-state index < -0.39 is 40.7 Å². The lowest BCUT2D eigenvalue weighted by molar-refractivity contribution is -0.138. The molecule has 0 aliphatic rings. The fourth-order valence-electron chi connectivity index (χ4n) is 2.22. The van der Waals surface area contributed by atoms with Gasteiger partial charge < -0.3 is 14.6 Å². The molecule has 144 valence electrons. The van der Waals surface area contributed by atoms with E-state index in [4.69, 9.17) is 11.6 Å². The first-order valence-corrected chi connectivity index (χ1v) is 7.86. The number of methoxy groups -OCH3 is 1. The van der Waals surface area contributed by atoms with Crippen LogP contribution in [0.4, 0.5) is 18.9 Å². The fourth-order valence-corrected chi connectivity index (χ4v) is 2.44. The number of alkyl halides is 3. The van der Waals surface area contributed by atoms with Gasteiger partial charge in [0.15, 0.2) is 0 Å². The summed E-state index contributed by atoms with van der Waals surface area (Å²) < 4.78 is 43.7. The van der Waals surface area contributed by atoms with E-state index in [0.29, 0.717) is 22.4 Å². The molecule has 0 aliphatic heterocycles. The molecule has 0 bridgehead atoms. The molecule has 1 heterocycles. The SMILES string of the molecule is COC(=O)c1ccc(C)c(NC(=O)Cn2cc(C(F)(F)F)cc(Cl)c2=O)c1. The molecule has 2 rings (SSSR count). The molecule has 1 aromatic heterocycles. The van der Waals surface area contributed by atoms with Gasteiger partial charge in [-0.25, -0.2) is 4.79 Å². The number of pyridine rings is 1. The Morgan fingerprint density at radius 3 is 2.52 bits per heavy atom. The lowest BCUT2D eigenvalue weighted by Crippen LogP contribution is -2.29. The maximum absolute atomic E-state index is 12.9. The van der Waals surface area contributed by atoms with Crippen LogP contribution in [0.5, 0.6) is 0 Å². The molecule has 27 heavy (non-hydrogen) atoms. The second kappa shape index (κ2) is 7.83. The van der Waals surface area contributed by atoms with Crippen molar-refractivity contribution in [3.63, 3.8) is 0 Å². The maximum atomic E-state index is 12.9. The van der Waals surface area contributed by atoms with E-state index in [1.807, 2.05) is 0 Å². The van der Waals surface area contributed by atoms with E-state index in [-0.39, 0.29) is 11.3 Å². The Balaban J connectivity index is 2.28. The third-order valence-electron chi connectivity index (χ3n) is 3.62. The molecule has 0 fully saturated rings. The third kappa shape index (κ3) is 4.88. The van der Waals surface area contributed by atoms with Crippen LogP contribution in [0.2, 0.25) is 5.02 Å². The number of carbonyl (C=O) groups is 2. The van der Waals surface area contributed by atoms with Crippen LogP contribution in [0.15, 0.2) is 35.3 Å². The third-order valence-corrected chi connectivity index (χ3v) is 3.89. The Morgan fingerprint density at radius 2 is 1.93 bits per heavy atom. The first kappa shape index (κ1) is 20.5. The Bertz CT molecular complexity index is 954. The summed E-state index contributed by atoms with van der Waals surface area (Å²) in [6, 6.07) is 4.92. The van der Waals surface area contributed by atoms with Crippen molar-refractivity contribution in [1.29, 1.82) is 0 Å². The summed E-state index contributed by atoms with van der Waals surface area (Å²) in [5, 5.41) is 1.80. The highest BCUT2D eigenvalue weighted by Gasteiger charge is 2.32. The monoisotopic (exact) mass is 402 g/mol. The summed E-state index contributed by atoms with van der Waals surface area (Å²) in [7, 11) is 1.20. The molecule has 0 atom stereocenters. The maximum Gasteiger partial charge on any atom is 0.417 e. The molecule has 0 saturated carbocycles. The number of hydrogen-bond acceptors (Lipinski definition) is 4. The first-order valence-electron chi connectivity index (χ1n) is 7.49. The summed E-state index contributed by atoms with van der Waals surface area (Å²) in [6.07, 6.45) is -4.20. The molecule has 0 spiro atoms. The smallest absolute Gasteiger partial charge is 0.417 e. The predicted octanol–water partition coefficient (Wildman–Crippen LogP) is 3.25. The second-order valence-corrected chi connectivity index (χ2v) is 5.98. The standard InChI is InChI=1S/C17H14ClF3N2O4/c1-9-3-4-10(16(26)27-2)5-13(9)22-14(24)8-23-7-11(17(19,20)21)6-12(18)15(23)25/h3-7H,8H2,1-2H3,(H,22,24). The number of aryl methyl sites for hydroxylation is 1. The average molecular weight is 403 g/mol. The van der Waals surface area contributed by atoms with Gasteiger partial charge in [-0.3, -0.25) is 9.59 Å². The number of carbonyl (C=O) groups excluding carboxylic acids is 2. The van der Waals surface area contributed by atoms with Crippen molar-refractivity contribution in [3.05, 3.63) is 62.5 Å². The lowest BCUT2D eigenvalue weighted by atomic mass is 10.1. The van der Waals surface area contributed by atoms with Crippen LogP contribution in [0, 0.1) is 6.92 Å². The zero-order valence-corrected chi connectivity index (χ0v) is 14.9. The molecule has 0 aliphatic carbocycles. The minimum absolute atomic E-state index is 0.178. The van der Waals surface area contributed by atoms with Crippen molar-refractivity contribution in [2.45, 2.75) is 19.6 Å². The van der Waals surface area contributed by atoms with E-state index in [1.165, 1.54) is 19.2 Å². The van der Waals surface area contributed by atoms with Gasteiger partial charge in [-0.15, -0.1) is 0 Å². The van der Waals surface area contributed by atoms with Gasteiger partial charge in [0.1, 0.15) is 11.6 Å². The number of ether oxygens (including phenoxy) is 1. The average Bonchev–Trinajstić information content (AvgIpc) is 2.59. The number of anilines is 1. The Hall–Kier alpha value is -2.81. The molecule has 1 aromatic carbocycles. The number of rotatable bonds is 4. The second-order valence-electron chi connectivity index (χ2n) is 5.58. The van der Waals surface area contributed by atoms with Crippen molar-refractivity contribution >= 4 is 29.2 Å². The molecular weight excluding hydrogens is 389 g/mol. The number of halogens is 4. The summed E-state index contributed by atoms with van der Waals surface area (Å²) in [6.45, 7) is 0.967. The van der Waals surface area contributed by atoms with Gasteiger partial charge in [-0.1, -0.05) is 17.7 Å². The minimum atomic E-state index is -4.72. The van der Waals surface area contributed by atoms with Gasteiger partial charge in [-0.05, 0) is 30.7 Å². The van der Waals surface area contributed by atoms with Gasteiger partial charge in [-0.2, -0.15) is 13.2 Å². The van der Waals surface area contributed by atoms with Crippen molar-refractivity contribution in [3.8, 4) is 0 Å². The minimum Gasteiger partial charge on any atom is -0.465 e. The summed E-state index contributed by atoms with van der Waals surface area (Å²) >= 11 is 5.55. The molecule has 10 heteroatoms. The summed E-state index contributed by atoms with van der Waals surface area (Å²) in [5.41, 5.74) is -1.04. The van der Waals surface area contributed by atoms with Crippen LogP contribution in [0.3, 0.4) is 0 Å². The quantitative estimate of drug-likeness (QED) is 0.796. The predicted molar refractivity (Wildman–Crippen MR) is 91.9 cm³/mol. The number of aromatic nitrogens is 1. The van der Waals surface area contributed by atoms with E-state index in [2.05, 4.69) is 10.1 Å². The van der Waals surface area contributed by atoms with E-state index >= 15 is 0 Å². The van der Waals surface area contributed by atoms with Gasteiger partial charge >= 0.3 is 12.1 Å². The number of nitrogens with one attached hydrogen (secondary N) is 1. The van der Waals surface area contributed by atoms with Crippen molar-refractivity contribution < 1.29 is 27.5 Å². The fraction of sp³-hybridized carbons (Fsp3) is 0.235. The van der Waals surface area contributed by atoms with E-state index in [0.717, 1.165) is 0 Å². The van der Waals surface area contributed by atoms with E-state index in [9.17, 15) is 27.6 Å². The van der Waals surface area contributed by atoms with Crippen LogP contribution < -0.4 is 10.9 Å². The molecule has 1 amide bonds. The van der Waals surface area contributed by atoms with Gasteiger partial charge in [0.05, 0.1) is 18.2 Å². The molecule has 0 saturated heterocycles. The molecule has 1 N–H and O–H groups in total. The molecular formula is C17H14ClF3N2O4. The topological polar surface area (TPSA) is 77.4 Å². The first-order chi connectivity index (χ1) is 12.5. The number of nitrogens with zero attached hydrogens (tertiary/aromatic N) is 1. The molecule has 6 nitrogen and oxygen atoms in total. The normalized spacial score (nSPS) is 11.2. The number of benzene rings is 1. The van der Waals surface area contributed by atoms with E-state index in [1.54, 1.807) is 13.0 Å². The summed E-state index contributed by atoms with van der Waals surface area (Å²) in [5.74, 6) is -1.39. The van der Waals surface area contributed by atoms with Gasteiger partial charge in [0.25, 0.3) is 5.56 Å². The Morgan fingerprint density at radius 1 is 1.26 bits per heavy atom. The highest BCUT2D eigenvalue weighted by atomic mass is 35.5. The van der Waals surface area contributed by atoms with Crippen LogP contribution in [-0.4, -0.2) is 23.6 Å². The largest absolute Gasteiger partial charge is 0.465 e.